The Hall–Kier alpha value is -5.72. The fraction of sp³-hybridized carbons (Fsp3) is 0.0435. The van der Waals surface area contributed by atoms with Gasteiger partial charge < -0.3 is 15.6 Å². The summed E-state index contributed by atoms with van der Waals surface area (Å²) in [6.45, 7) is 0.587. The number of nitrogens with two attached hydrogens (primary N) is 1. The summed E-state index contributed by atoms with van der Waals surface area (Å²) in [5.41, 5.74) is 14.9. The number of hydrogen-bond acceptors (Lipinski definition) is 4. The quantitative estimate of drug-likeness (QED) is 0.175. The van der Waals surface area contributed by atoms with E-state index in [2.05, 4.69) is 155 Å². The Morgan fingerprint density at radius 1 is 0.588 bits per heavy atom. The zero-order valence-corrected chi connectivity index (χ0v) is 29.3. The third-order valence-electron chi connectivity index (χ3n) is 10.1. The van der Waals surface area contributed by atoms with Crippen molar-refractivity contribution in [2.75, 3.05) is 0 Å². The lowest BCUT2D eigenvalue weighted by Gasteiger charge is -2.17. The lowest BCUT2D eigenvalue weighted by Crippen LogP contribution is -2.19. The maximum absolute atomic E-state index is 6.78. The number of nitrogens with one attached hydrogen (secondary N) is 1. The molecule has 10 rings (SSSR count). The van der Waals surface area contributed by atoms with E-state index >= 15 is 0 Å². The van der Waals surface area contributed by atoms with Crippen molar-refractivity contribution in [2.45, 2.75) is 12.7 Å². The third-order valence-corrected chi connectivity index (χ3v) is 12.6. The second-order valence-electron chi connectivity index (χ2n) is 13.1. The van der Waals surface area contributed by atoms with Gasteiger partial charge in [0.1, 0.15) is 0 Å². The predicted octanol–water partition coefficient (Wildman–Crippen LogP) is 12.5. The highest BCUT2D eigenvalue weighted by Gasteiger charge is 2.19. The normalized spacial score (nSPS) is 12.9. The number of rotatable bonds is 7. The average Bonchev–Trinajstić information content (AvgIpc) is 3.86. The molecule has 51 heavy (non-hydrogen) atoms. The van der Waals surface area contributed by atoms with E-state index in [0.717, 1.165) is 16.8 Å². The molecule has 244 valence electrons. The molecule has 0 aliphatic heterocycles. The van der Waals surface area contributed by atoms with Crippen molar-refractivity contribution in [2.24, 2.45) is 5.73 Å². The molecule has 0 spiro atoms. The smallest absolute Gasteiger partial charge is 0.0926 e. The van der Waals surface area contributed by atoms with Crippen molar-refractivity contribution >= 4 is 90.5 Å². The van der Waals surface area contributed by atoms with Gasteiger partial charge in [0, 0.05) is 56.8 Å². The Labute approximate surface area is 303 Å². The zero-order valence-electron chi connectivity index (χ0n) is 27.7. The molecule has 5 heteroatoms. The van der Waals surface area contributed by atoms with Crippen LogP contribution in [0.25, 0.3) is 79.0 Å². The SMILES string of the molecule is NC(/C=C(\NCn1c2ccc(-c3cccc4c3sc3ccccc34)cc2c2c3sc4ccccc4c3ccc21)c1ccccc1)c1ccccc1. The summed E-state index contributed by atoms with van der Waals surface area (Å²) in [5.74, 6) is 0. The van der Waals surface area contributed by atoms with Gasteiger partial charge in [0.2, 0.25) is 0 Å². The summed E-state index contributed by atoms with van der Waals surface area (Å²) in [4.78, 5) is 0. The maximum atomic E-state index is 6.78. The van der Waals surface area contributed by atoms with Crippen molar-refractivity contribution in [3.05, 3.63) is 175 Å². The minimum Gasteiger partial charge on any atom is -0.367 e. The molecule has 0 aliphatic carbocycles. The molecule has 0 saturated carbocycles. The van der Waals surface area contributed by atoms with Crippen LogP contribution in [0.4, 0.5) is 0 Å². The van der Waals surface area contributed by atoms with Gasteiger partial charge in [-0.15, -0.1) is 22.7 Å². The van der Waals surface area contributed by atoms with Gasteiger partial charge in [-0.2, -0.15) is 0 Å². The molecule has 0 fully saturated rings. The summed E-state index contributed by atoms with van der Waals surface area (Å²) in [5, 5.41) is 11.7. The number of nitrogens with zero attached hydrogens (tertiary/aromatic N) is 1. The molecule has 0 amide bonds. The van der Waals surface area contributed by atoms with Crippen molar-refractivity contribution in [1.29, 1.82) is 0 Å². The summed E-state index contributed by atoms with van der Waals surface area (Å²) in [7, 11) is 0. The molecule has 3 heterocycles. The summed E-state index contributed by atoms with van der Waals surface area (Å²) < 4.78 is 7.74. The molecule has 3 aromatic heterocycles. The van der Waals surface area contributed by atoms with E-state index in [1.165, 1.54) is 73.3 Å². The molecule has 1 atom stereocenters. The number of hydrogen-bond donors (Lipinski definition) is 2. The molecule has 3 nitrogen and oxygen atoms in total. The van der Waals surface area contributed by atoms with Crippen molar-refractivity contribution in [3.8, 4) is 11.1 Å². The van der Waals surface area contributed by atoms with E-state index in [0.29, 0.717) is 6.67 Å². The molecule has 0 saturated heterocycles. The van der Waals surface area contributed by atoms with Gasteiger partial charge in [0.05, 0.1) is 23.7 Å². The first-order chi connectivity index (χ1) is 25.2. The monoisotopic (exact) mass is 691 g/mol. The zero-order chi connectivity index (χ0) is 33.9. The van der Waals surface area contributed by atoms with Gasteiger partial charge in [-0.05, 0) is 58.7 Å². The van der Waals surface area contributed by atoms with Crippen LogP contribution in [0.5, 0.6) is 0 Å². The van der Waals surface area contributed by atoms with E-state index in [4.69, 9.17) is 5.73 Å². The average molecular weight is 692 g/mol. The first-order valence-electron chi connectivity index (χ1n) is 17.3. The lowest BCUT2D eigenvalue weighted by atomic mass is 10.00. The molecular formula is C46H33N3S2. The molecule has 0 aliphatic rings. The largest absolute Gasteiger partial charge is 0.367 e. The van der Waals surface area contributed by atoms with Crippen LogP contribution in [-0.2, 0) is 6.67 Å². The Bertz CT molecular complexity index is 2930. The molecule has 10 aromatic rings. The second-order valence-corrected chi connectivity index (χ2v) is 15.2. The second kappa shape index (κ2) is 12.3. The van der Waals surface area contributed by atoms with Crippen LogP contribution < -0.4 is 11.1 Å². The third kappa shape index (κ3) is 5.04. The number of benzene rings is 7. The van der Waals surface area contributed by atoms with Crippen LogP contribution in [0, 0.1) is 0 Å². The minimum atomic E-state index is -0.246. The highest BCUT2D eigenvalue weighted by Crippen LogP contribution is 2.45. The summed E-state index contributed by atoms with van der Waals surface area (Å²) in [6, 6.07) is 56.5. The molecule has 0 radical (unpaired) electrons. The molecule has 7 aromatic carbocycles. The predicted molar refractivity (Wildman–Crippen MR) is 222 cm³/mol. The topological polar surface area (TPSA) is 43.0 Å². The van der Waals surface area contributed by atoms with Crippen LogP contribution >= 0.6 is 22.7 Å². The van der Waals surface area contributed by atoms with Crippen molar-refractivity contribution < 1.29 is 0 Å². The molecule has 1 unspecified atom stereocenters. The Morgan fingerprint density at radius 3 is 1.98 bits per heavy atom. The first-order valence-corrected chi connectivity index (χ1v) is 18.9. The van der Waals surface area contributed by atoms with Crippen LogP contribution in [0.1, 0.15) is 17.2 Å². The van der Waals surface area contributed by atoms with Crippen LogP contribution in [0.2, 0.25) is 0 Å². The Balaban J connectivity index is 1.16. The summed E-state index contributed by atoms with van der Waals surface area (Å²) >= 11 is 3.78. The van der Waals surface area contributed by atoms with E-state index < -0.39 is 0 Å². The van der Waals surface area contributed by atoms with Gasteiger partial charge in [0.25, 0.3) is 0 Å². The van der Waals surface area contributed by atoms with Gasteiger partial charge in [-0.1, -0.05) is 127 Å². The van der Waals surface area contributed by atoms with E-state index in [9.17, 15) is 0 Å². The maximum Gasteiger partial charge on any atom is 0.0926 e. The molecule has 0 bridgehead atoms. The minimum absolute atomic E-state index is 0.246. The number of aromatic nitrogens is 1. The van der Waals surface area contributed by atoms with E-state index in [1.54, 1.807) is 0 Å². The van der Waals surface area contributed by atoms with Gasteiger partial charge >= 0.3 is 0 Å². The first kappa shape index (κ1) is 30.1. The Morgan fingerprint density at radius 2 is 1.22 bits per heavy atom. The molecular weight excluding hydrogens is 659 g/mol. The van der Waals surface area contributed by atoms with Crippen molar-refractivity contribution in [1.82, 2.24) is 9.88 Å². The van der Waals surface area contributed by atoms with E-state index in [1.807, 2.05) is 40.9 Å². The van der Waals surface area contributed by atoms with Gasteiger partial charge in [-0.3, -0.25) is 0 Å². The standard InChI is InChI=1S/C46H33N3S2/c47-38(29-12-3-1-4-13-29)27-39(30-14-5-2-6-15-30)48-28-49-40-24-22-31(32-18-11-19-35-33-16-7-9-20-42(33)50-45(32)35)26-37(40)44-41(49)25-23-36-34-17-8-10-21-43(34)51-46(36)44/h1-27,38,48H,28,47H2/b39-27-. The summed E-state index contributed by atoms with van der Waals surface area (Å²) in [6.07, 6.45) is 2.15. The van der Waals surface area contributed by atoms with Crippen LogP contribution in [-0.4, -0.2) is 4.57 Å². The fourth-order valence-corrected chi connectivity index (χ4v) is 10.2. The van der Waals surface area contributed by atoms with Gasteiger partial charge in [-0.25, -0.2) is 0 Å². The molecule has 3 N–H and O–H groups in total. The highest BCUT2D eigenvalue weighted by molar-refractivity contribution is 7.27. The number of thiophene rings is 2. The number of fused-ring (bicyclic) bond motifs is 10. The van der Waals surface area contributed by atoms with Gasteiger partial charge in [0.15, 0.2) is 0 Å². The van der Waals surface area contributed by atoms with Crippen molar-refractivity contribution in [3.63, 3.8) is 0 Å². The highest BCUT2D eigenvalue weighted by atomic mass is 32.1. The fourth-order valence-electron chi connectivity index (χ4n) is 7.67. The van der Waals surface area contributed by atoms with Crippen LogP contribution in [0.3, 0.4) is 0 Å². The van der Waals surface area contributed by atoms with Crippen LogP contribution in [0.15, 0.2) is 164 Å². The van der Waals surface area contributed by atoms with E-state index in [-0.39, 0.29) is 6.04 Å². The Kier molecular flexibility index (Phi) is 7.24. The lowest BCUT2D eigenvalue weighted by molar-refractivity contribution is 0.692.